The Morgan fingerprint density at radius 3 is 2.93 bits per heavy atom. The number of rotatable bonds is 1. The molecule has 2 nitrogen and oxygen atoms in total. The van der Waals surface area contributed by atoms with Crippen molar-refractivity contribution in [3.63, 3.8) is 0 Å². The Morgan fingerprint density at radius 1 is 1.40 bits per heavy atom. The number of piperidine rings is 1. The number of carbonyl (C=O) groups is 1. The summed E-state index contributed by atoms with van der Waals surface area (Å²) in [5, 5.41) is 0. The summed E-state index contributed by atoms with van der Waals surface area (Å²) >= 11 is 0. The summed E-state index contributed by atoms with van der Waals surface area (Å²) in [6, 6.07) is 0. The molecule has 1 heterocycles. The van der Waals surface area contributed by atoms with Crippen molar-refractivity contribution in [3.8, 4) is 0 Å². The Kier molecular flexibility index (Phi) is 2.94. The number of likely N-dealkylation sites (tertiary alicyclic amines) is 1. The van der Waals surface area contributed by atoms with E-state index in [1.165, 1.54) is 25.3 Å². The van der Waals surface area contributed by atoms with Gasteiger partial charge in [-0.2, -0.15) is 0 Å². The van der Waals surface area contributed by atoms with Crippen LogP contribution in [0, 0.1) is 5.41 Å². The molecule has 0 aromatic carbocycles. The zero-order valence-corrected chi connectivity index (χ0v) is 9.24. The van der Waals surface area contributed by atoms with E-state index >= 15 is 0 Å². The number of nitrogens with zero attached hydrogens (tertiary/aromatic N) is 1. The van der Waals surface area contributed by atoms with E-state index in [0.717, 1.165) is 25.9 Å². The van der Waals surface area contributed by atoms with Gasteiger partial charge in [0.1, 0.15) is 0 Å². The van der Waals surface area contributed by atoms with Gasteiger partial charge >= 0.3 is 0 Å². The van der Waals surface area contributed by atoms with Crippen LogP contribution in [0.3, 0.4) is 0 Å². The molecule has 2 aliphatic rings. The Bertz CT molecular complexity index is 295. The third-order valence-corrected chi connectivity index (χ3v) is 3.71. The molecule has 1 amide bonds. The summed E-state index contributed by atoms with van der Waals surface area (Å²) in [6.07, 6.45) is 12.0. The molecule has 0 aromatic rings. The Hall–Kier alpha value is -1.05. The van der Waals surface area contributed by atoms with Gasteiger partial charge in [0.05, 0.1) is 0 Å². The van der Waals surface area contributed by atoms with Gasteiger partial charge in [-0.3, -0.25) is 4.79 Å². The van der Waals surface area contributed by atoms with Crippen molar-refractivity contribution in [3.05, 3.63) is 24.8 Å². The maximum absolute atomic E-state index is 11.6. The van der Waals surface area contributed by atoms with Gasteiger partial charge in [0.15, 0.2) is 0 Å². The molecule has 0 aromatic heterocycles. The second kappa shape index (κ2) is 4.21. The Labute approximate surface area is 91.6 Å². The molecule has 1 aliphatic carbocycles. The first-order chi connectivity index (χ1) is 7.26. The van der Waals surface area contributed by atoms with Crippen molar-refractivity contribution in [2.75, 3.05) is 13.1 Å². The van der Waals surface area contributed by atoms with Crippen LogP contribution in [0.15, 0.2) is 24.8 Å². The molecule has 0 radical (unpaired) electrons. The van der Waals surface area contributed by atoms with E-state index < -0.39 is 0 Å². The van der Waals surface area contributed by atoms with Crippen LogP contribution in [-0.2, 0) is 4.79 Å². The SMILES string of the molecule is C=CC(=O)N1CCCC2(CC=CCC2)C1. The molecule has 15 heavy (non-hydrogen) atoms. The smallest absolute Gasteiger partial charge is 0.245 e. The fourth-order valence-electron chi connectivity index (χ4n) is 2.84. The molecule has 0 N–H and O–H groups in total. The Morgan fingerprint density at radius 2 is 2.27 bits per heavy atom. The predicted octanol–water partition coefficient (Wildman–Crippen LogP) is 2.52. The van der Waals surface area contributed by atoms with E-state index in [-0.39, 0.29) is 5.91 Å². The summed E-state index contributed by atoms with van der Waals surface area (Å²) in [5.74, 6) is 0.101. The molecule has 1 saturated heterocycles. The topological polar surface area (TPSA) is 20.3 Å². The van der Waals surface area contributed by atoms with Gasteiger partial charge in [0.25, 0.3) is 0 Å². The van der Waals surface area contributed by atoms with Crippen molar-refractivity contribution in [2.45, 2.75) is 32.1 Å². The lowest BCUT2D eigenvalue weighted by molar-refractivity contribution is -0.129. The molecule has 0 saturated carbocycles. The number of hydrogen-bond donors (Lipinski definition) is 0. The molecular formula is C13H19NO. The van der Waals surface area contributed by atoms with E-state index in [1.54, 1.807) is 0 Å². The lowest BCUT2D eigenvalue weighted by atomic mass is 9.71. The van der Waals surface area contributed by atoms with Crippen molar-refractivity contribution in [1.82, 2.24) is 4.90 Å². The van der Waals surface area contributed by atoms with E-state index in [9.17, 15) is 4.79 Å². The average molecular weight is 205 g/mol. The van der Waals surface area contributed by atoms with Gasteiger partial charge in [-0.1, -0.05) is 18.7 Å². The second-order valence-electron chi connectivity index (χ2n) is 4.78. The van der Waals surface area contributed by atoms with Gasteiger partial charge in [-0.05, 0) is 43.6 Å². The van der Waals surface area contributed by atoms with Crippen molar-refractivity contribution >= 4 is 5.91 Å². The maximum atomic E-state index is 11.6. The number of hydrogen-bond acceptors (Lipinski definition) is 1. The maximum Gasteiger partial charge on any atom is 0.245 e. The van der Waals surface area contributed by atoms with Crippen molar-refractivity contribution < 1.29 is 4.79 Å². The minimum atomic E-state index is 0.101. The average Bonchev–Trinajstić information content (AvgIpc) is 2.29. The first-order valence-electron chi connectivity index (χ1n) is 5.82. The zero-order valence-electron chi connectivity index (χ0n) is 9.24. The van der Waals surface area contributed by atoms with Crippen LogP contribution in [0.5, 0.6) is 0 Å². The first kappa shape index (κ1) is 10.5. The molecule has 1 aliphatic heterocycles. The molecule has 1 atom stereocenters. The summed E-state index contributed by atoms with van der Waals surface area (Å²) in [7, 11) is 0. The molecule has 1 fully saturated rings. The van der Waals surface area contributed by atoms with Crippen LogP contribution in [0.2, 0.25) is 0 Å². The summed E-state index contributed by atoms with van der Waals surface area (Å²) in [4.78, 5) is 13.6. The lowest BCUT2D eigenvalue weighted by Gasteiger charge is -2.43. The van der Waals surface area contributed by atoms with Gasteiger partial charge in [-0.15, -0.1) is 0 Å². The van der Waals surface area contributed by atoms with E-state index in [0.29, 0.717) is 5.41 Å². The number of amides is 1. The van der Waals surface area contributed by atoms with Crippen molar-refractivity contribution in [1.29, 1.82) is 0 Å². The highest BCUT2D eigenvalue weighted by Crippen LogP contribution is 2.40. The minimum Gasteiger partial charge on any atom is -0.339 e. The zero-order chi connectivity index (χ0) is 10.7. The lowest BCUT2D eigenvalue weighted by Crippen LogP contribution is -2.45. The molecule has 1 unspecified atom stereocenters. The first-order valence-corrected chi connectivity index (χ1v) is 5.82. The Balaban J connectivity index is 2.06. The van der Waals surface area contributed by atoms with Crippen LogP contribution < -0.4 is 0 Å². The second-order valence-corrected chi connectivity index (χ2v) is 4.78. The van der Waals surface area contributed by atoms with Crippen molar-refractivity contribution in [2.24, 2.45) is 5.41 Å². The summed E-state index contributed by atoms with van der Waals surface area (Å²) in [5.41, 5.74) is 0.381. The molecule has 2 rings (SSSR count). The van der Waals surface area contributed by atoms with Crippen LogP contribution >= 0.6 is 0 Å². The van der Waals surface area contributed by atoms with Crippen LogP contribution in [0.4, 0.5) is 0 Å². The molecular weight excluding hydrogens is 186 g/mol. The van der Waals surface area contributed by atoms with Crippen LogP contribution in [0.25, 0.3) is 0 Å². The fraction of sp³-hybridized carbons (Fsp3) is 0.615. The van der Waals surface area contributed by atoms with Gasteiger partial charge in [0, 0.05) is 13.1 Å². The number of allylic oxidation sites excluding steroid dienone is 2. The highest BCUT2D eigenvalue weighted by Gasteiger charge is 2.35. The van der Waals surface area contributed by atoms with Gasteiger partial charge < -0.3 is 4.90 Å². The van der Waals surface area contributed by atoms with Gasteiger partial charge in [0.2, 0.25) is 5.91 Å². The summed E-state index contributed by atoms with van der Waals surface area (Å²) in [6.45, 7) is 5.41. The van der Waals surface area contributed by atoms with Crippen LogP contribution in [-0.4, -0.2) is 23.9 Å². The fourth-order valence-corrected chi connectivity index (χ4v) is 2.84. The molecule has 2 heteroatoms. The highest BCUT2D eigenvalue weighted by atomic mass is 16.2. The van der Waals surface area contributed by atoms with E-state index in [1.807, 2.05) is 4.90 Å². The van der Waals surface area contributed by atoms with Crippen LogP contribution in [0.1, 0.15) is 32.1 Å². The number of carbonyl (C=O) groups excluding carboxylic acids is 1. The standard InChI is InChI=1S/C13H19NO/c1-2-12(15)14-10-6-9-13(11-14)7-4-3-5-8-13/h2-4H,1,5-11H2. The molecule has 1 spiro atoms. The molecule has 0 bridgehead atoms. The van der Waals surface area contributed by atoms with Gasteiger partial charge in [-0.25, -0.2) is 0 Å². The third-order valence-electron chi connectivity index (χ3n) is 3.71. The summed E-state index contributed by atoms with van der Waals surface area (Å²) < 4.78 is 0. The quantitative estimate of drug-likeness (QED) is 0.476. The normalized spacial score (nSPS) is 30.5. The largest absolute Gasteiger partial charge is 0.339 e. The van der Waals surface area contributed by atoms with E-state index in [2.05, 4.69) is 18.7 Å². The third kappa shape index (κ3) is 2.14. The monoisotopic (exact) mass is 205 g/mol. The highest BCUT2D eigenvalue weighted by molar-refractivity contribution is 5.87. The minimum absolute atomic E-state index is 0.101. The van der Waals surface area contributed by atoms with E-state index in [4.69, 9.17) is 0 Å². The predicted molar refractivity (Wildman–Crippen MR) is 61.4 cm³/mol. The molecule has 82 valence electrons.